The minimum absolute atomic E-state index is 0.170. The largest absolute Gasteiger partial charge is 0.478 e. The second kappa shape index (κ2) is 5.33. The Morgan fingerprint density at radius 1 is 1.43 bits per heavy atom. The summed E-state index contributed by atoms with van der Waals surface area (Å²) in [5, 5.41) is 11.9. The summed E-state index contributed by atoms with van der Waals surface area (Å²) in [6.45, 7) is 0. The van der Waals surface area contributed by atoms with Crippen molar-refractivity contribution in [2.45, 2.75) is 18.9 Å². The highest BCUT2D eigenvalue weighted by atomic mass is 79.9. The maximum atomic E-state index is 12.3. The van der Waals surface area contributed by atoms with Gasteiger partial charge in [-0.05, 0) is 47.0 Å². The van der Waals surface area contributed by atoms with Crippen LogP contribution in [-0.4, -0.2) is 20.6 Å². The van der Waals surface area contributed by atoms with E-state index in [9.17, 15) is 9.59 Å². The lowest BCUT2D eigenvalue weighted by Gasteiger charge is -2.10. The Hall–Kier alpha value is -2.15. The Balaban J connectivity index is 1.92. The SMILES string of the molecule is O=C(O)c1ccc(Nc2nccn(C3CC3)c2=O)c(Br)c1. The van der Waals surface area contributed by atoms with Gasteiger partial charge in [-0.3, -0.25) is 4.79 Å². The normalized spacial score (nSPS) is 14.0. The minimum Gasteiger partial charge on any atom is -0.478 e. The average Bonchev–Trinajstić information content (AvgIpc) is 3.27. The number of nitrogens with zero attached hydrogens (tertiary/aromatic N) is 2. The van der Waals surface area contributed by atoms with Crippen LogP contribution in [0.15, 0.2) is 39.9 Å². The molecule has 108 valence electrons. The third kappa shape index (κ3) is 2.82. The van der Waals surface area contributed by atoms with Gasteiger partial charge in [-0.2, -0.15) is 0 Å². The maximum Gasteiger partial charge on any atom is 0.335 e. The zero-order chi connectivity index (χ0) is 15.0. The fraction of sp³-hybridized carbons (Fsp3) is 0.214. The number of anilines is 2. The molecule has 0 saturated heterocycles. The number of aromatic nitrogens is 2. The van der Waals surface area contributed by atoms with E-state index in [4.69, 9.17) is 5.11 Å². The Labute approximate surface area is 128 Å². The van der Waals surface area contributed by atoms with E-state index in [0.29, 0.717) is 10.2 Å². The molecule has 3 rings (SSSR count). The molecule has 0 bridgehead atoms. The van der Waals surface area contributed by atoms with Gasteiger partial charge in [0.25, 0.3) is 5.56 Å². The van der Waals surface area contributed by atoms with Gasteiger partial charge < -0.3 is 15.0 Å². The van der Waals surface area contributed by atoms with Crippen molar-refractivity contribution in [3.05, 3.63) is 51.0 Å². The first-order valence-corrected chi connectivity index (χ1v) is 7.22. The second-order valence-corrected chi connectivity index (χ2v) is 5.70. The molecular formula is C14H12BrN3O3. The van der Waals surface area contributed by atoms with Gasteiger partial charge in [-0.1, -0.05) is 0 Å². The van der Waals surface area contributed by atoms with Crippen LogP contribution >= 0.6 is 15.9 Å². The van der Waals surface area contributed by atoms with Crippen molar-refractivity contribution >= 4 is 33.4 Å². The number of carboxylic acid groups (broad SMARTS) is 1. The molecule has 1 aliphatic rings. The molecule has 1 aliphatic carbocycles. The van der Waals surface area contributed by atoms with Crippen LogP contribution in [0.3, 0.4) is 0 Å². The number of benzene rings is 1. The first-order chi connectivity index (χ1) is 10.1. The zero-order valence-electron chi connectivity index (χ0n) is 10.9. The first-order valence-electron chi connectivity index (χ1n) is 6.43. The van der Waals surface area contributed by atoms with Gasteiger partial charge in [-0.25, -0.2) is 9.78 Å². The summed E-state index contributed by atoms with van der Waals surface area (Å²) in [6.07, 6.45) is 5.30. The molecule has 0 radical (unpaired) electrons. The van der Waals surface area contributed by atoms with Crippen molar-refractivity contribution in [3.63, 3.8) is 0 Å². The van der Waals surface area contributed by atoms with Gasteiger partial charge in [0.05, 0.1) is 11.3 Å². The number of aromatic carboxylic acids is 1. The van der Waals surface area contributed by atoms with E-state index in [-0.39, 0.29) is 23.0 Å². The van der Waals surface area contributed by atoms with Crippen LogP contribution in [0, 0.1) is 0 Å². The van der Waals surface area contributed by atoms with Crippen molar-refractivity contribution in [1.82, 2.24) is 9.55 Å². The van der Waals surface area contributed by atoms with Crippen molar-refractivity contribution in [2.24, 2.45) is 0 Å². The molecule has 0 amide bonds. The summed E-state index contributed by atoms with van der Waals surface area (Å²) in [5.41, 5.74) is 0.594. The first kappa shape index (κ1) is 13.8. The van der Waals surface area contributed by atoms with E-state index in [2.05, 4.69) is 26.2 Å². The maximum absolute atomic E-state index is 12.3. The molecule has 7 heteroatoms. The van der Waals surface area contributed by atoms with Crippen molar-refractivity contribution in [3.8, 4) is 0 Å². The van der Waals surface area contributed by atoms with Gasteiger partial charge in [0.2, 0.25) is 0 Å². The van der Waals surface area contributed by atoms with Crippen LogP contribution in [0.1, 0.15) is 29.2 Å². The Morgan fingerprint density at radius 3 is 2.81 bits per heavy atom. The summed E-state index contributed by atoms with van der Waals surface area (Å²) in [7, 11) is 0. The molecule has 1 saturated carbocycles. The van der Waals surface area contributed by atoms with E-state index >= 15 is 0 Å². The highest BCUT2D eigenvalue weighted by molar-refractivity contribution is 9.10. The predicted octanol–water partition coefficient (Wildman–Crippen LogP) is 2.78. The summed E-state index contributed by atoms with van der Waals surface area (Å²) in [4.78, 5) is 27.2. The quantitative estimate of drug-likeness (QED) is 0.886. The molecule has 2 aromatic rings. The van der Waals surface area contributed by atoms with Crippen LogP contribution in [-0.2, 0) is 0 Å². The second-order valence-electron chi connectivity index (χ2n) is 4.84. The summed E-state index contributed by atoms with van der Waals surface area (Å²) >= 11 is 3.29. The van der Waals surface area contributed by atoms with Gasteiger partial charge in [0.1, 0.15) is 0 Å². The fourth-order valence-corrected chi connectivity index (χ4v) is 2.51. The summed E-state index contributed by atoms with van der Waals surface area (Å²) in [5.74, 6) is -0.774. The Morgan fingerprint density at radius 2 is 2.19 bits per heavy atom. The number of hydrogen-bond acceptors (Lipinski definition) is 4. The highest BCUT2D eigenvalue weighted by Crippen LogP contribution is 2.33. The molecule has 1 heterocycles. The lowest BCUT2D eigenvalue weighted by Crippen LogP contribution is -2.22. The molecule has 1 aromatic heterocycles. The van der Waals surface area contributed by atoms with Crippen molar-refractivity contribution < 1.29 is 9.90 Å². The predicted molar refractivity (Wildman–Crippen MR) is 81.2 cm³/mol. The number of halogens is 1. The Bertz CT molecular complexity index is 768. The molecule has 1 fully saturated rings. The summed E-state index contributed by atoms with van der Waals surface area (Å²) < 4.78 is 2.24. The number of carboxylic acids is 1. The number of nitrogens with one attached hydrogen (secondary N) is 1. The van der Waals surface area contributed by atoms with Crippen LogP contribution in [0.4, 0.5) is 11.5 Å². The molecule has 1 aromatic carbocycles. The summed E-state index contributed by atoms with van der Waals surface area (Å²) in [6, 6.07) is 4.83. The number of carbonyl (C=O) groups is 1. The Kier molecular flexibility index (Phi) is 3.50. The van der Waals surface area contributed by atoms with E-state index in [1.54, 1.807) is 23.0 Å². The average molecular weight is 350 g/mol. The molecule has 2 N–H and O–H groups in total. The fourth-order valence-electron chi connectivity index (χ4n) is 2.03. The van der Waals surface area contributed by atoms with Gasteiger partial charge >= 0.3 is 5.97 Å². The third-order valence-electron chi connectivity index (χ3n) is 3.28. The van der Waals surface area contributed by atoms with Gasteiger partial charge in [0, 0.05) is 22.9 Å². The van der Waals surface area contributed by atoms with E-state index in [0.717, 1.165) is 12.8 Å². The molecule has 21 heavy (non-hydrogen) atoms. The van der Waals surface area contributed by atoms with Crippen molar-refractivity contribution in [2.75, 3.05) is 5.32 Å². The topological polar surface area (TPSA) is 84.2 Å². The smallest absolute Gasteiger partial charge is 0.335 e. The monoisotopic (exact) mass is 349 g/mol. The van der Waals surface area contributed by atoms with Gasteiger partial charge in [-0.15, -0.1) is 0 Å². The van der Waals surface area contributed by atoms with Crippen LogP contribution < -0.4 is 10.9 Å². The molecule has 6 nitrogen and oxygen atoms in total. The van der Waals surface area contributed by atoms with E-state index < -0.39 is 5.97 Å². The highest BCUT2D eigenvalue weighted by Gasteiger charge is 2.25. The molecule has 0 aliphatic heterocycles. The number of rotatable bonds is 4. The number of hydrogen-bond donors (Lipinski definition) is 2. The molecule has 0 spiro atoms. The van der Waals surface area contributed by atoms with Crippen LogP contribution in [0.5, 0.6) is 0 Å². The van der Waals surface area contributed by atoms with Crippen molar-refractivity contribution in [1.29, 1.82) is 0 Å². The molecule has 0 atom stereocenters. The third-order valence-corrected chi connectivity index (χ3v) is 3.93. The van der Waals surface area contributed by atoms with Gasteiger partial charge in [0.15, 0.2) is 5.82 Å². The van der Waals surface area contributed by atoms with E-state index in [1.807, 2.05) is 0 Å². The standard InChI is InChI=1S/C14H12BrN3O3/c15-10-7-8(14(20)21)1-4-11(10)17-12-13(19)18(6-5-16-12)9-2-3-9/h1,4-7,9H,2-3H2,(H,16,17)(H,20,21). The lowest BCUT2D eigenvalue weighted by atomic mass is 10.2. The van der Waals surface area contributed by atoms with Crippen LogP contribution in [0.25, 0.3) is 0 Å². The lowest BCUT2D eigenvalue weighted by molar-refractivity contribution is 0.0697. The van der Waals surface area contributed by atoms with Crippen LogP contribution in [0.2, 0.25) is 0 Å². The molecular weight excluding hydrogens is 338 g/mol. The molecule has 0 unspecified atom stereocenters. The zero-order valence-corrected chi connectivity index (χ0v) is 12.5. The minimum atomic E-state index is -1.00. The van der Waals surface area contributed by atoms with E-state index in [1.165, 1.54) is 12.1 Å².